The van der Waals surface area contributed by atoms with Crippen molar-refractivity contribution in [3.63, 3.8) is 0 Å². The number of carbonyl (C=O) groups is 1. The van der Waals surface area contributed by atoms with E-state index in [4.69, 9.17) is 0 Å². The van der Waals surface area contributed by atoms with Crippen molar-refractivity contribution < 1.29 is 4.79 Å². The number of carbonyl (C=O) groups excluding carboxylic acids is 1. The largest absolute Gasteiger partial charge is 0.299 e. The molecule has 4 aliphatic carbocycles. The van der Waals surface area contributed by atoms with Crippen molar-refractivity contribution in [3.05, 3.63) is 0 Å². The van der Waals surface area contributed by atoms with Crippen molar-refractivity contribution in [3.8, 4) is 0 Å². The second kappa shape index (κ2) is 7.73. The molecule has 0 aromatic heterocycles. The molecular formula is C27H46O. The third-order valence-electron chi connectivity index (χ3n) is 10.6. The van der Waals surface area contributed by atoms with E-state index >= 15 is 0 Å². The topological polar surface area (TPSA) is 17.1 Å². The molecule has 0 heterocycles. The fourth-order valence-electron chi connectivity index (χ4n) is 9.19. The number of rotatable bonds is 5. The number of Topliss-reactive ketones (excluding diaryl/α,β-unsaturated/α-hetero) is 1. The van der Waals surface area contributed by atoms with Crippen molar-refractivity contribution in [2.75, 3.05) is 0 Å². The quantitative estimate of drug-likeness (QED) is 0.473. The third kappa shape index (κ3) is 3.31. The molecule has 0 amide bonds. The van der Waals surface area contributed by atoms with Gasteiger partial charge in [0.15, 0.2) is 0 Å². The van der Waals surface area contributed by atoms with Crippen LogP contribution in [0.2, 0.25) is 0 Å². The zero-order chi connectivity index (χ0) is 20.1. The van der Waals surface area contributed by atoms with Gasteiger partial charge in [-0.2, -0.15) is 0 Å². The van der Waals surface area contributed by atoms with E-state index in [0.717, 1.165) is 48.3 Å². The van der Waals surface area contributed by atoms with Crippen LogP contribution in [0.1, 0.15) is 112 Å². The van der Waals surface area contributed by atoms with Crippen LogP contribution in [0.15, 0.2) is 0 Å². The van der Waals surface area contributed by atoms with E-state index in [2.05, 4.69) is 34.6 Å². The number of ketones is 1. The average molecular weight is 387 g/mol. The van der Waals surface area contributed by atoms with Crippen LogP contribution in [0, 0.1) is 52.3 Å². The van der Waals surface area contributed by atoms with Crippen molar-refractivity contribution in [2.24, 2.45) is 52.3 Å². The minimum Gasteiger partial charge on any atom is -0.299 e. The molecule has 160 valence electrons. The van der Waals surface area contributed by atoms with Gasteiger partial charge in [-0.15, -0.1) is 0 Å². The fraction of sp³-hybridized carbons (Fsp3) is 0.963. The number of hydrogen-bond donors (Lipinski definition) is 0. The lowest BCUT2D eigenvalue weighted by Crippen LogP contribution is -2.54. The van der Waals surface area contributed by atoms with Crippen LogP contribution >= 0.6 is 0 Å². The van der Waals surface area contributed by atoms with Crippen LogP contribution in [0.3, 0.4) is 0 Å². The van der Waals surface area contributed by atoms with Crippen molar-refractivity contribution in [1.82, 2.24) is 0 Å². The Hall–Kier alpha value is -0.330. The van der Waals surface area contributed by atoms with Crippen LogP contribution in [0.4, 0.5) is 0 Å². The zero-order valence-corrected chi connectivity index (χ0v) is 19.4. The summed E-state index contributed by atoms with van der Waals surface area (Å²) in [6.07, 6.45) is 16.0. The monoisotopic (exact) mass is 386 g/mol. The smallest absolute Gasteiger partial charge is 0.136 e. The summed E-state index contributed by atoms with van der Waals surface area (Å²) >= 11 is 0. The van der Waals surface area contributed by atoms with E-state index < -0.39 is 0 Å². The van der Waals surface area contributed by atoms with Crippen molar-refractivity contribution >= 4 is 5.78 Å². The van der Waals surface area contributed by atoms with E-state index in [-0.39, 0.29) is 0 Å². The number of fused-ring (bicyclic) bond motifs is 5. The molecule has 0 bridgehead atoms. The van der Waals surface area contributed by atoms with Crippen LogP contribution < -0.4 is 0 Å². The van der Waals surface area contributed by atoms with Gasteiger partial charge >= 0.3 is 0 Å². The molecule has 0 spiro atoms. The Balaban J connectivity index is 1.48. The van der Waals surface area contributed by atoms with Gasteiger partial charge in [0.2, 0.25) is 0 Å². The lowest BCUT2D eigenvalue weighted by Gasteiger charge is -2.60. The molecule has 4 rings (SSSR count). The van der Waals surface area contributed by atoms with Crippen molar-refractivity contribution in [2.45, 2.75) is 112 Å². The van der Waals surface area contributed by atoms with Gasteiger partial charge < -0.3 is 0 Å². The lowest BCUT2D eigenvalue weighted by atomic mass is 9.44. The average Bonchev–Trinajstić information content (AvgIpc) is 2.98. The molecule has 0 N–H and O–H groups in total. The summed E-state index contributed by atoms with van der Waals surface area (Å²) in [6.45, 7) is 12.5. The lowest BCUT2D eigenvalue weighted by molar-refractivity contribution is -0.149. The summed E-state index contributed by atoms with van der Waals surface area (Å²) in [5.41, 5.74) is 0.917. The molecule has 1 heteroatoms. The van der Waals surface area contributed by atoms with E-state index in [1.807, 2.05) is 0 Å². The Morgan fingerprint density at radius 1 is 0.893 bits per heavy atom. The number of hydrogen-bond acceptors (Lipinski definition) is 1. The summed E-state index contributed by atoms with van der Waals surface area (Å²) in [5.74, 6) is 6.41. The minimum atomic E-state index is 0.334. The highest BCUT2D eigenvalue weighted by Crippen LogP contribution is 2.68. The molecule has 0 radical (unpaired) electrons. The van der Waals surface area contributed by atoms with Gasteiger partial charge in [0.05, 0.1) is 0 Å². The molecule has 4 fully saturated rings. The normalized spacial score (nSPS) is 46.8. The van der Waals surface area contributed by atoms with E-state index in [1.165, 1.54) is 64.2 Å². The van der Waals surface area contributed by atoms with E-state index in [1.54, 1.807) is 0 Å². The van der Waals surface area contributed by atoms with Crippen molar-refractivity contribution in [1.29, 1.82) is 0 Å². The summed E-state index contributed by atoms with van der Waals surface area (Å²) in [4.78, 5) is 12.7. The first-order valence-corrected chi connectivity index (χ1v) is 12.8. The van der Waals surface area contributed by atoms with Crippen LogP contribution in [-0.2, 0) is 4.79 Å². The molecule has 8 unspecified atom stereocenters. The first-order valence-electron chi connectivity index (χ1n) is 12.8. The van der Waals surface area contributed by atoms with Gasteiger partial charge in [0, 0.05) is 12.3 Å². The molecule has 0 saturated heterocycles. The predicted molar refractivity (Wildman–Crippen MR) is 118 cm³/mol. The first kappa shape index (κ1) is 20.9. The Labute approximate surface area is 174 Å². The highest BCUT2D eigenvalue weighted by atomic mass is 16.1. The summed E-state index contributed by atoms with van der Waals surface area (Å²) in [6, 6.07) is 0. The molecule has 0 aromatic rings. The molecule has 0 aliphatic heterocycles. The Bertz CT molecular complexity index is 579. The molecule has 28 heavy (non-hydrogen) atoms. The maximum Gasteiger partial charge on any atom is 0.136 e. The highest BCUT2D eigenvalue weighted by Gasteiger charge is 2.61. The molecule has 8 atom stereocenters. The standard InChI is InChI=1S/C27H46O/c1-18(2)8-6-9-19(3)21-13-14-22-20-11-12-24-25(28)10-7-16-26(24,4)23(20)15-17-27(21,22)5/h18-24H,6-17H2,1-5H3. The van der Waals surface area contributed by atoms with E-state index in [9.17, 15) is 4.79 Å². The summed E-state index contributed by atoms with van der Waals surface area (Å²) in [5, 5.41) is 0. The molecule has 4 aliphatic rings. The highest BCUT2D eigenvalue weighted by molar-refractivity contribution is 5.82. The van der Waals surface area contributed by atoms with Gasteiger partial charge in [-0.1, -0.05) is 53.9 Å². The zero-order valence-electron chi connectivity index (χ0n) is 19.4. The SMILES string of the molecule is CC(C)CCCC(C)C1CCC2C3CCC4C(=O)CCCC4(C)C3CCC12C. The molecular weight excluding hydrogens is 340 g/mol. The second-order valence-corrected chi connectivity index (χ2v) is 12.4. The summed E-state index contributed by atoms with van der Waals surface area (Å²) in [7, 11) is 0. The van der Waals surface area contributed by atoms with Gasteiger partial charge in [-0.3, -0.25) is 4.79 Å². The molecule has 0 aromatic carbocycles. The first-order chi connectivity index (χ1) is 13.3. The third-order valence-corrected chi connectivity index (χ3v) is 10.6. The maximum atomic E-state index is 12.7. The van der Waals surface area contributed by atoms with Crippen LogP contribution in [0.5, 0.6) is 0 Å². The fourth-order valence-corrected chi connectivity index (χ4v) is 9.19. The van der Waals surface area contributed by atoms with Crippen LogP contribution in [0.25, 0.3) is 0 Å². The van der Waals surface area contributed by atoms with E-state index in [0.29, 0.717) is 22.5 Å². The maximum absolute atomic E-state index is 12.7. The second-order valence-electron chi connectivity index (χ2n) is 12.4. The Morgan fingerprint density at radius 2 is 1.64 bits per heavy atom. The Morgan fingerprint density at radius 3 is 2.39 bits per heavy atom. The molecule has 4 saturated carbocycles. The molecule has 1 nitrogen and oxygen atoms in total. The van der Waals surface area contributed by atoms with Crippen LogP contribution in [-0.4, -0.2) is 5.78 Å². The van der Waals surface area contributed by atoms with Gasteiger partial charge in [-0.25, -0.2) is 0 Å². The van der Waals surface area contributed by atoms with Gasteiger partial charge in [0.1, 0.15) is 5.78 Å². The predicted octanol–water partition coefficient (Wildman–Crippen LogP) is 7.68. The van der Waals surface area contributed by atoms with Gasteiger partial charge in [-0.05, 0) is 97.7 Å². The summed E-state index contributed by atoms with van der Waals surface area (Å²) < 4.78 is 0. The minimum absolute atomic E-state index is 0.334. The van der Waals surface area contributed by atoms with Gasteiger partial charge in [0.25, 0.3) is 0 Å². The Kier molecular flexibility index (Phi) is 5.78.